The highest BCUT2D eigenvalue weighted by Crippen LogP contribution is 2.43. The molecule has 0 amide bonds. The molecule has 0 aromatic heterocycles. The highest BCUT2D eigenvalue weighted by atomic mass is 127. The first-order chi connectivity index (χ1) is 12.3. The second-order valence-electron chi connectivity index (χ2n) is 8.72. The van der Waals surface area contributed by atoms with Crippen LogP contribution in [0.2, 0.25) is 0 Å². The van der Waals surface area contributed by atoms with Gasteiger partial charge >= 0.3 is 0 Å². The van der Waals surface area contributed by atoms with Gasteiger partial charge in [-0.15, -0.1) is 4.31 Å². The normalized spacial score (nSPS) is 29.6. The zero-order valence-corrected chi connectivity index (χ0v) is 19.3. The van der Waals surface area contributed by atoms with Gasteiger partial charge < -0.3 is 9.29 Å². The number of hydrogen-bond donors (Lipinski definition) is 0. The average molecular weight is 489 g/mol. The van der Waals surface area contributed by atoms with Crippen molar-refractivity contribution in [3.05, 3.63) is 35.9 Å². The fraction of sp³-hybridized carbons (Fsp3) is 0.714. The molecule has 1 aliphatic heterocycles. The van der Waals surface area contributed by atoms with Crippen molar-refractivity contribution in [1.82, 2.24) is 4.31 Å². The predicted molar refractivity (Wildman–Crippen MR) is 118 cm³/mol. The number of ether oxygens (including phenoxy) is 1. The highest BCUT2D eigenvalue weighted by Gasteiger charge is 2.49. The minimum atomic E-state index is -1.06. The number of alkyl halides is 1. The van der Waals surface area contributed by atoms with E-state index < -0.39 is 11.4 Å². The standard InChI is InChI=1S/C21H32INO2S/c1-15-18(22)12-13-19(25-15)20(17-10-11-17)23(26(24)21(2,3)4)14-16-8-6-5-7-9-16/h5-9,15,17-20H,10-14H2,1-4H3/t15?,18?,19-,20-,26?/m0/s1. The molecule has 1 aliphatic carbocycles. The molecule has 1 aromatic rings. The molecule has 0 radical (unpaired) electrons. The lowest BCUT2D eigenvalue weighted by Gasteiger charge is -2.43. The molecule has 0 N–H and O–H groups in total. The fourth-order valence-electron chi connectivity index (χ4n) is 3.79. The van der Waals surface area contributed by atoms with Crippen LogP contribution in [-0.4, -0.2) is 35.8 Å². The Hall–Kier alpha value is 0.180. The molecule has 2 fully saturated rings. The Labute approximate surface area is 175 Å². The molecular formula is C21H32INO2S. The van der Waals surface area contributed by atoms with Gasteiger partial charge in [0.1, 0.15) is 4.75 Å². The lowest BCUT2D eigenvalue weighted by atomic mass is 9.96. The van der Waals surface area contributed by atoms with E-state index in [0.717, 1.165) is 13.0 Å². The van der Waals surface area contributed by atoms with Crippen molar-refractivity contribution in [1.29, 1.82) is 0 Å². The first-order valence-electron chi connectivity index (χ1n) is 9.79. The Morgan fingerprint density at radius 1 is 1.19 bits per heavy atom. The molecule has 5 heteroatoms. The zero-order valence-electron chi connectivity index (χ0n) is 16.4. The smallest absolute Gasteiger partial charge is 0.137 e. The van der Waals surface area contributed by atoms with Crippen molar-refractivity contribution >= 4 is 34.0 Å². The lowest BCUT2D eigenvalue weighted by molar-refractivity contribution is -0.0697. The van der Waals surface area contributed by atoms with Gasteiger partial charge in [0.25, 0.3) is 0 Å². The van der Waals surface area contributed by atoms with E-state index in [-0.39, 0.29) is 23.0 Å². The van der Waals surface area contributed by atoms with E-state index in [2.05, 4.69) is 78.9 Å². The monoisotopic (exact) mass is 489 g/mol. The Balaban J connectivity index is 1.86. The summed E-state index contributed by atoms with van der Waals surface area (Å²) in [5.74, 6) is 0.618. The van der Waals surface area contributed by atoms with Crippen LogP contribution in [0.5, 0.6) is 0 Å². The highest BCUT2D eigenvalue weighted by molar-refractivity contribution is 14.1. The number of halogens is 1. The van der Waals surface area contributed by atoms with Crippen LogP contribution in [0.3, 0.4) is 0 Å². The predicted octanol–water partition coefficient (Wildman–Crippen LogP) is 5.10. The summed E-state index contributed by atoms with van der Waals surface area (Å²) in [7, 11) is 0. The maximum atomic E-state index is 13.5. The first kappa shape index (κ1) is 20.9. The maximum Gasteiger partial charge on any atom is 0.137 e. The Bertz CT molecular complexity index is 575. The molecule has 1 saturated heterocycles. The van der Waals surface area contributed by atoms with E-state index in [1.54, 1.807) is 0 Å². The van der Waals surface area contributed by atoms with E-state index in [4.69, 9.17) is 4.74 Å². The lowest BCUT2D eigenvalue weighted by Crippen LogP contribution is -2.55. The van der Waals surface area contributed by atoms with Crippen LogP contribution in [0.1, 0.15) is 58.9 Å². The number of hydrogen-bond acceptors (Lipinski definition) is 3. The van der Waals surface area contributed by atoms with Crippen LogP contribution in [0.4, 0.5) is 0 Å². The van der Waals surface area contributed by atoms with Crippen molar-refractivity contribution in [2.24, 2.45) is 5.92 Å². The van der Waals surface area contributed by atoms with E-state index in [1.165, 1.54) is 24.8 Å². The number of nitrogens with zero attached hydrogens (tertiary/aromatic N) is 1. The van der Waals surface area contributed by atoms with Gasteiger partial charge in [-0.3, -0.25) is 0 Å². The second-order valence-corrected chi connectivity index (χ2v) is 12.5. The van der Waals surface area contributed by atoms with Gasteiger partial charge in [0.05, 0.1) is 24.8 Å². The summed E-state index contributed by atoms with van der Waals surface area (Å²) >= 11 is 1.46. The summed E-state index contributed by atoms with van der Waals surface area (Å²) in [5, 5.41) is 0. The second kappa shape index (κ2) is 8.68. The maximum absolute atomic E-state index is 13.5. The summed E-state index contributed by atoms with van der Waals surface area (Å²) in [6.45, 7) is 9.16. The van der Waals surface area contributed by atoms with Crippen molar-refractivity contribution in [3.63, 3.8) is 0 Å². The van der Waals surface area contributed by atoms with Gasteiger partial charge in [-0.25, -0.2) is 0 Å². The molecule has 3 unspecified atom stereocenters. The van der Waals surface area contributed by atoms with Gasteiger partial charge in [-0.1, -0.05) is 52.9 Å². The zero-order chi connectivity index (χ0) is 18.9. The van der Waals surface area contributed by atoms with Gasteiger partial charge in [0.15, 0.2) is 0 Å². The molecule has 1 saturated carbocycles. The average Bonchev–Trinajstić information content (AvgIpc) is 3.42. The van der Waals surface area contributed by atoms with Crippen LogP contribution < -0.4 is 0 Å². The first-order valence-corrected chi connectivity index (χ1v) is 12.1. The summed E-state index contributed by atoms with van der Waals surface area (Å²) in [5.41, 5.74) is 1.23. The minimum Gasteiger partial charge on any atom is -0.597 e. The summed E-state index contributed by atoms with van der Waals surface area (Å²) in [6, 6.07) is 10.7. The molecule has 146 valence electrons. The molecule has 26 heavy (non-hydrogen) atoms. The third-order valence-electron chi connectivity index (χ3n) is 5.36. The van der Waals surface area contributed by atoms with E-state index in [1.807, 2.05) is 6.07 Å². The van der Waals surface area contributed by atoms with Crippen molar-refractivity contribution in [3.8, 4) is 0 Å². The van der Waals surface area contributed by atoms with Crippen LogP contribution >= 0.6 is 22.6 Å². The molecule has 3 nitrogen and oxygen atoms in total. The van der Waals surface area contributed by atoms with Crippen LogP contribution in [0.25, 0.3) is 0 Å². The van der Waals surface area contributed by atoms with E-state index in [9.17, 15) is 4.55 Å². The van der Waals surface area contributed by atoms with E-state index >= 15 is 0 Å². The molecular weight excluding hydrogens is 457 g/mol. The molecule has 0 bridgehead atoms. The molecule has 2 aliphatic rings. The van der Waals surface area contributed by atoms with Crippen molar-refractivity contribution in [2.45, 2.75) is 86.8 Å². The molecule has 3 rings (SSSR count). The van der Waals surface area contributed by atoms with Crippen molar-refractivity contribution in [2.75, 3.05) is 0 Å². The molecule has 0 spiro atoms. The molecule has 1 heterocycles. The van der Waals surface area contributed by atoms with Crippen LogP contribution in [-0.2, 0) is 22.6 Å². The van der Waals surface area contributed by atoms with Crippen LogP contribution in [0.15, 0.2) is 30.3 Å². The minimum absolute atomic E-state index is 0.193. The Kier molecular flexibility index (Phi) is 6.98. The quantitative estimate of drug-likeness (QED) is 0.317. The van der Waals surface area contributed by atoms with Gasteiger partial charge in [0.2, 0.25) is 0 Å². The third kappa shape index (κ3) is 5.16. The number of rotatable bonds is 6. The SMILES string of the molecule is CC1O[C@H]([C@H](C2CC2)N(Cc2ccccc2)[S+]([O-])C(C)(C)C)CCC1I. The Morgan fingerprint density at radius 3 is 2.38 bits per heavy atom. The third-order valence-corrected chi connectivity index (χ3v) is 8.84. The number of benzene rings is 1. The Morgan fingerprint density at radius 2 is 1.85 bits per heavy atom. The summed E-state index contributed by atoms with van der Waals surface area (Å²) < 4.78 is 22.5. The molecule has 1 aromatic carbocycles. The van der Waals surface area contributed by atoms with Gasteiger partial charge in [-0.05, 0) is 64.9 Å². The molecule has 5 atom stereocenters. The fourth-order valence-corrected chi connectivity index (χ4v) is 5.82. The topological polar surface area (TPSA) is 35.5 Å². The van der Waals surface area contributed by atoms with Crippen molar-refractivity contribution < 1.29 is 9.29 Å². The van der Waals surface area contributed by atoms with Gasteiger partial charge in [-0.2, -0.15) is 0 Å². The largest absolute Gasteiger partial charge is 0.597 e. The summed E-state index contributed by atoms with van der Waals surface area (Å²) in [4.78, 5) is 0. The van der Waals surface area contributed by atoms with Gasteiger partial charge in [0, 0.05) is 15.3 Å². The van der Waals surface area contributed by atoms with E-state index in [0.29, 0.717) is 9.84 Å². The summed E-state index contributed by atoms with van der Waals surface area (Å²) in [6.07, 6.45) is 5.21. The van der Waals surface area contributed by atoms with Crippen LogP contribution in [0, 0.1) is 5.92 Å².